The zero-order chi connectivity index (χ0) is 47.2. The maximum absolute atomic E-state index is 12.8. The predicted octanol–water partition coefficient (Wildman–Crippen LogP) is 18.4. The zero-order valence-corrected chi connectivity index (χ0v) is 43.0. The summed E-state index contributed by atoms with van der Waals surface area (Å²) in [7, 11) is 0. The Kier molecular flexibility index (Phi) is 51.3. The van der Waals surface area contributed by atoms with Crippen molar-refractivity contribution in [2.24, 2.45) is 0 Å². The molecule has 376 valence electrons. The van der Waals surface area contributed by atoms with Gasteiger partial charge in [-0.2, -0.15) is 0 Å². The number of esters is 3. The van der Waals surface area contributed by atoms with Crippen LogP contribution >= 0.6 is 0 Å². The van der Waals surface area contributed by atoms with E-state index >= 15 is 0 Å². The van der Waals surface area contributed by atoms with E-state index in [4.69, 9.17) is 14.2 Å². The van der Waals surface area contributed by atoms with Crippen LogP contribution < -0.4 is 0 Å². The van der Waals surface area contributed by atoms with E-state index in [0.717, 1.165) is 83.5 Å². The molecule has 65 heavy (non-hydrogen) atoms. The van der Waals surface area contributed by atoms with Gasteiger partial charge in [0.1, 0.15) is 13.2 Å². The average molecular weight is 909 g/mol. The molecule has 0 heterocycles. The Hall–Kier alpha value is -2.89. The summed E-state index contributed by atoms with van der Waals surface area (Å²) in [5.74, 6) is -0.927. The van der Waals surface area contributed by atoms with Crippen LogP contribution in [0.25, 0.3) is 0 Å². The summed E-state index contributed by atoms with van der Waals surface area (Å²) in [6.07, 6.45) is 66.4. The van der Waals surface area contributed by atoms with Crippen molar-refractivity contribution in [3.8, 4) is 0 Å². The van der Waals surface area contributed by atoms with E-state index in [0.29, 0.717) is 19.3 Å². The van der Waals surface area contributed by atoms with Crippen molar-refractivity contribution in [2.45, 2.75) is 284 Å². The van der Waals surface area contributed by atoms with Crippen molar-refractivity contribution < 1.29 is 28.6 Å². The first-order valence-corrected chi connectivity index (χ1v) is 27.8. The summed E-state index contributed by atoms with van der Waals surface area (Å²) in [6.45, 7) is 6.48. The van der Waals surface area contributed by atoms with E-state index in [-0.39, 0.29) is 31.1 Å². The van der Waals surface area contributed by atoms with Crippen LogP contribution in [0.1, 0.15) is 278 Å². The number of hydrogen-bond donors (Lipinski definition) is 0. The van der Waals surface area contributed by atoms with E-state index in [1.165, 1.54) is 154 Å². The summed E-state index contributed by atoms with van der Waals surface area (Å²) in [4.78, 5) is 38.1. The molecule has 1 atom stereocenters. The highest BCUT2D eigenvalue weighted by Crippen LogP contribution is 2.16. The van der Waals surface area contributed by atoms with Gasteiger partial charge in [-0.25, -0.2) is 0 Å². The van der Waals surface area contributed by atoms with E-state index in [1.807, 2.05) is 30.4 Å². The fourth-order valence-corrected chi connectivity index (χ4v) is 7.92. The van der Waals surface area contributed by atoms with Crippen molar-refractivity contribution in [3.63, 3.8) is 0 Å². The van der Waals surface area contributed by atoms with Gasteiger partial charge in [0.2, 0.25) is 0 Å². The monoisotopic (exact) mass is 909 g/mol. The Bertz CT molecular complexity index is 1180. The Morgan fingerprint density at radius 2 is 0.615 bits per heavy atom. The Morgan fingerprint density at radius 1 is 0.323 bits per heavy atom. The fraction of sp³-hybridized carbons (Fsp3) is 0.780. The van der Waals surface area contributed by atoms with E-state index < -0.39 is 6.10 Å². The molecule has 0 saturated carbocycles. The largest absolute Gasteiger partial charge is 0.462 e. The molecule has 0 bridgehead atoms. The maximum Gasteiger partial charge on any atom is 0.306 e. The molecule has 0 N–H and O–H groups in total. The summed E-state index contributed by atoms with van der Waals surface area (Å²) >= 11 is 0. The Morgan fingerprint density at radius 3 is 1.00 bits per heavy atom. The van der Waals surface area contributed by atoms with Gasteiger partial charge in [0, 0.05) is 19.3 Å². The third kappa shape index (κ3) is 51.9. The van der Waals surface area contributed by atoms with Crippen molar-refractivity contribution in [2.75, 3.05) is 13.2 Å². The number of allylic oxidation sites excluding steroid dienone is 10. The molecular formula is C59H104O6. The highest BCUT2D eigenvalue weighted by molar-refractivity contribution is 5.71. The van der Waals surface area contributed by atoms with Gasteiger partial charge in [0.05, 0.1) is 0 Å². The first-order valence-electron chi connectivity index (χ1n) is 27.8. The lowest BCUT2D eigenvalue weighted by molar-refractivity contribution is -0.167. The van der Waals surface area contributed by atoms with E-state index in [2.05, 4.69) is 51.2 Å². The van der Waals surface area contributed by atoms with E-state index in [9.17, 15) is 14.4 Å². The molecular weight excluding hydrogens is 805 g/mol. The molecule has 0 radical (unpaired) electrons. The summed E-state index contributed by atoms with van der Waals surface area (Å²) in [5.41, 5.74) is 0. The second-order valence-electron chi connectivity index (χ2n) is 18.6. The number of unbranched alkanes of at least 4 members (excludes halogenated alkanes) is 32. The maximum atomic E-state index is 12.8. The van der Waals surface area contributed by atoms with E-state index in [1.54, 1.807) is 0 Å². The topological polar surface area (TPSA) is 78.9 Å². The van der Waals surface area contributed by atoms with Crippen molar-refractivity contribution >= 4 is 17.9 Å². The number of hydrogen-bond acceptors (Lipinski definition) is 6. The molecule has 0 saturated heterocycles. The number of rotatable bonds is 50. The second kappa shape index (κ2) is 53.7. The quantitative estimate of drug-likeness (QED) is 0.0199. The molecule has 0 fully saturated rings. The first kappa shape index (κ1) is 62.1. The minimum Gasteiger partial charge on any atom is -0.462 e. The predicted molar refractivity (Wildman–Crippen MR) is 279 cm³/mol. The van der Waals surface area contributed by atoms with Crippen molar-refractivity contribution in [1.29, 1.82) is 0 Å². The van der Waals surface area contributed by atoms with Crippen LogP contribution in [-0.4, -0.2) is 37.2 Å². The number of ether oxygens (including phenoxy) is 3. The standard InChI is InChI=1S/C59H104O6/c1-4-7-10-13-16-19-22-25-27-29-30-32-34-37-40-43-46-49-52-58(61)64-55-56(54-63-57(60)51-48-45-42-39-36-33-24-21-18-15-12-9-6-3)65-59(62)53-50-47-44-41-38-35-31-28-26-23-20-17-14-11-8-5-2/h9,12,15,18,21,24,28,31,33,36,56H,4-8,10-11,13-14,16-17,19-20,22-23,25-27,29-30,32,34-35,37-55H2,1-3H3/b12-9+,18-15+,24-21+,31-28+,36-33+. The lowest BCUT2D eigenvalue weighted by atomic mass is 10.0. The average Bonchev–Trinajstić information content (AvgIpc) is 3.30. The molecule has 0 aliphatic rings. The fourth-order valence-electron chi connectivity index (χ4n) is 7.92. The van der Waals surface area contributed by atoms with Gasteiger partial charge in [-0.15, -0.1) is 0 Å². The number of carbonyl (C=O) groups excluding carboxylic acids is 3. The van der Waals surface area contributed by atoms with Crippen LogP contribution in [0.3, 0.4) is 0 Å². The molecule has 0 amide bonds. The molecule has 0 aromatic rings. The third-order valence-electron chi connectivity index (χ3n) is 12.1. The molecule has 0 aliphatic heterocycles. The van der Waals surface area contributed by atoms with Crippen LogP contribution in [0, 0.1) is 0 Å². The molecule has 1 unspecified atom stereocenters. The molecule has 0 aromatic carbocycles. The van der Waals surface area contributed by atoms with Gasteiger partial charge in [-0.05, 0) is 64.2 Å². The molecule has 0 aromatic heterocycles. The number of carbonyl (C=O) groups is 3. The Labute approximate surface area is 402 Å². The summed E-state index contributed by atoms with van der Waals surface area (Å²) in [5, 5.41) is 0. The highest BCUT2D eigenvalue weighted by atomic mass is 16.6. The van der Waals surface area contributed by atoms with Gasteiger partial charge in [-0.3, -0.25) is 14.4 Å². The Balaban J connectivity index is 4.39. The zero-order valence-electron chi connectivity index (χ0n) is 43.0. The molecule has 6 nitrogen and oxygen atoms in total. The smallest absolute Gasteiger partial charge is 0.306 e. The molecule has 0 aliphatic carbocycles. The SMILES string of the molecule is CC/C=C/C=C/C=C/C=C/CCCCCC(=O)OCC(COC(=O)CCCCCCCCCCCCCCCCCCCC)OC(=O)CCCCCCC/C=C/CCCCCCCCC. The van der Waals surface area contributed by atoms with Crippen molar-refractivity contribution in [3.05, 3.63) is 60.8 Å². The minimum atomic E-state index is -0.792. The molecule has 6 heteroatoms. The first-order chi connectivity index (χ1) is 32.0. The van der Waals surface area contributed by atoms with Gasteiger partial charge in [0.25, 0.3) is 0 Å². The van der Waals surface area contributed by atoms with Crippen LogP contribution in [0.4, 0.5) is 0 Å². The lowest BCUT2D eigenvalue weighted by Gasteiger charge is -2.18. The summed E-state index contributed by atoms with van der Waals surface area (Å²) < 4.78 is 16.8. The molecule has 0 rings (SSSR count). The van der Waals surface area contributed by atoms with Crippen LogP contribution in [-0.2, 0) is 28.6 Å². The third-order valence-corrected chi connectivity index (χ3v) is 12.1. The van der Waals surface area contributed by atoms with Gasteiger partial charge < -0.3 is 14.2 Å². The second-order valence-corrected chi connectivity index (χ2v) is 18.6. The highest BCUT2D eigenvalue weighted by Gasteiger charge is 2.19. The van der Waals surface area contributed by atoms with Gasteiger partial charge in [-0.1, -0.05) is 255 Å². The molecule has 0 spiro atoms. The van der Waals surface area contributed by atoms with Crippen LogP contribution in [0.15, 0.2) is 60.8 Å². The lowest BCUT2D eigenvalue weighted by Crippen LogP contribution is -2.30. The van der Waals surface area contributed by atoms with Gasteiger partial charge >= 0.3 is 17.9 Å². The van der Waals surface area contributed by atoms with Crippen molar-refractivity contribution in [1.82, 2.24) is 0 Å². The van der Waals surface area contributed by atoms with Crippen LogP contribution in [0.5, 0.6) is 0 Å². The normalized spacial score (nSPS) is 12.5. The summed E-state index contributed by atoms with van der Waals surface area (Å²) in [6, 6.07) is 0. The minimum absolute atomic E-state index is 0.0879. The van der Waals surface area contributed by atoms with Crippen LogP contribution in [0.2, 0.25) is 0 Å². The van der Waals surface area contributed by atoms with Gasteiger partial charge in [0.15, 0.2) is 6.10 Å².